The van der Waals surface area contributed by atoms with Gasteiger partial charge in [-0.25, -0.2) is 0 Å². The lowest BCUT2D eigenvalue weighted by Crippen LogP contribution is -2.51. The second-order valence-electron chi connectivity index (χ2n) is 10.3. The number of carbonyl (C=O) groups excluding carboxylic acids is 2. The molecule has 2 fully saturated rings. The maximum atomic E-state index is 13.2. The van der Waals surface area contributed by atoms with Crippen molar-refractivity contribution in [2.75, 3.05) is 32.8 Å². The van der Waals surface area contributed by atoms with Crippen LogP contribution in [0.3, 0.4) is 0 Å². The predicted octanol–water partition coefficient (Wildman–Crippen LogP) is 5.44. The molecule has 3 heterocycles. The van der Waals surface area contributed by atoms with E-state index >= 15 is 0 Å². The van der Waals surface area contributed by atoms with Crippen LogP contribution in [0.1, 0.15) is 54.4 Å². The zero-order chi connectivity index (χ0) is 26.2. The summed E-state index contributed by atoms with van der Waals surface area (Å²) in [5.74, 6) is 1.57. The number of benzene rings is 1. The van der Waals surface area contributed by atoms with Crippen molar-refractivity contribution >= 4 is 24.2 Å². The maximum absolute atomic E-state index is 13.2. The van der Waals surface area contributed by atoms with Crippen LogP contribution in [0.5, 0.6) is 5.75 Å². The largest absolute Gasteiger partial charge is 0.494 e. The summed E-state index contributed by atoms with van der Waals surface area (Å²) in [6.07, 6.45) is 15.1. The van der Waals surface area contributed by atoms with Crippen molar-refractivity contribution in [1.29, 1.82) is 0 Å². The van der Waals surface area contributed by atoms with Crippen molar-refractivity contribution in [2.45, 2.75) is 44.9 Å². The van der Waals surface area contributed by atoms with Gasteiger partial charge < -0.3 is 14.5 Å². The predicted molar refractivity (Wildman–Crippen MR) is 154 cm³/mol. The number of aromatic nitrogens is 2. The Bertz CT molecular complexity index is 1230. The first-order valence-corrected chi connectivity index (χ1v) is 13.8. The second kappa shape index (κ2) is 14.1. The molecule has 1 aliphatic heterocycles. The van der Waals surface area contributed by atoms with Crippen LogP contribution in [0.4, 0.5) is 0 Å². The molecule has 8 heteroatoms. The molecule has 2 amide bonds. The molecule has 0 radical (unpaired) electrons. The highest BCUT2D eigenvalue weighted by Crippen LogP contribution is 2.26. The van der Waals surface area contributed by atoms with E-state index in [4.69, 9.17) is 4.74 Å². The number of carbonyl (C=O) groups is 2. The average Bonchev–Trinajstić information content (AvgIpc) is 2.98. The molecule has 1 saturated carbocycles. The molecule has 0 unspecified atom stereocenters. The lowest BCUT2D eigenvalue weighted by atomic mass is 9.87. The molecular weight excluding hydrogens is 512 g/mol. The summed E-state index contributed by atoms with van der Waals surface area (Å²) in [7, 11) is 0. The van der Waals surface area contributed by atoms with Crippen molar-refractivity contribution in [3.05, 3.63) is 78.4 Å². The van der Waals surface area contributed by atoms with Gasteiger partial charge in [-0.15, -0.1) is 12.4 Å². The van der Waals surface area contributed by atoms with Gasteiger partial charge >= 0.3 is 0 Å². The molecule has 2 aromatic heterocycles. The van der Waals surface area contributed by atoms with Gasteiger partial charge in [0.1, 0.15) is 5.75 Å². The van der Waals surface area contributed by atoms with E-state index in [1.54, 1.807) is 24.8 Å². The minimum atomic E-state index is -0.0109. The van der Waals surface area contributed by atoms with E-state index < -0.39 is 0 Å². The molecule has 1 aliphatic carbocycles. The fourth-order valence-corrected chi connectivity index (χ4v) is 5.44. The zero-order valence-corrected chi connectivity index (χ0v) is 23.2. The lowest BCUT2D eigenvalue weighted by Gasteiger charge is -2.35. The number of hydrogen-bond donors (Lipinski definition) is 0. The molecule has 0 spiro atoms. The van der Waals surface area contributed by atoms with E-state index in [-0.39, 0.29) is 30.6 Å². The molecule has 1 saturated heterocycles. The van der Waals surface area contributed by atoms with E-state index in [1.165, 1.54) is 32.1 Å². The van der Waals surface area contributed by atoms with Gasteiger partial charge in [-0.1, -0.05) is 44.2 Å². The standard InChI is InChI=1S/C31H36N4O3.ClH/c36-30(19-25-18-28(23-33-21-25)27-9-5-12-32-22-27)34-13-15-35(16-14-34)31(37)26-8-4-10-29(20-26)38-17-11-24-6-2-1-3-7-24;/h4-5,8-10,12,18,20-24H,1-3,6-7,11,13-17,19H2;1H. The number of hydrogen-bond acceptors (Lipinski definition) is 5. The summed E-state index contributed by atoms with van der Waals surface area (Å²) in [6, 6.07) is 13.4. The summed E-state index contributed by atoms with van der Waals surface area (Å²) in [5, 5.41) is 0. The van der Waals surface area contributed by atoms with Crippen LogP contribution in [0.2, 0.25) is 0 Å². The minimum absolute atomic E-state index is 0. The lowest BCUT2D eigenvalue weighted by molar-refractivity contribution is -0.131. The van der Waals surface area contributed by atoms with Gasteiger partial charge in [0.05, 0.1) is 13.0 Å². The molecule has 7 nitrogen and oxygen atoms in total. The van der Waals surface area contributed by atoms with Gasteiger partial charge in [-0.05, 0) is 48.2 Å². The smallest absolute Gasteiger partial charge is 0.254 e. The molecular formula is C31H37ClN4O3. The van der Waals surface area contributed by atoms with Crippen molar-refractivity contribution < 1.29 is 14.3 Å². The Balaban J connectivity index is 0.00000353. The first kappa shape index (κ1) is 28.6. The Labute approximate surface area is 237 Å². The molecule has 0 bridgehead atoms. The highest BCUT2D eigenvalue weighted by molar-refractivity contribution is 5.94. The Morgan fingerprint density at radius 3 is 2.38 bits per heavy atom. The fraction of sp³-hybridized carbons (Fsp3) is 0.419. The fourth-order valence-electron chi connectivity index (χ4n) is 5.44. The third-order valence-electron chi connectivity index (χ3n) is 7.67. The summed E-state index contributed by atoms with van der Waals surface area (Å²) >= 11 is 0. The van der Waals surface area contributed by atoms with Crippen LogP contribution in [0.15, 0.2) is 67.3 Å². The van der Waals surface area contributed by atoms with Crippen molar-refractivity contribution in [3.63, 3.8) is 0 Å². The monoisotopic (exact) mass is 548 g/mol. The number of pyridine rings is 2. The quantitative estimate of drug-likeness (QED) is 0.374. The first-order chi connectivity index (χ1) is 18.7. The number of rotatable bonds is 8. The molecule has 206 valence electrons. The van der Waals surface area contributed by atoms with Crippen molar-refractivity contribution in [3.8, 4) is 16.9 Å². The van der Waals surface area contributed by atoms with Crippen LogP contribution in [-0.2, 0) is 11.2 Å². The van der Waals surface area contributed by atoms with E-state index in [2.05, 4.69) is 9.97 Å². The Morgan fingerprint density at radius 2 is 1.62 bits per heavy atom. The van der Waals surface area contributed by atoms with Gasteiger partial charge in [-0.2, -0.15) is 0 Å². The second-order valence-corrected chi connectivity index (χ2v) is 10.3. The highest BCUT2D eigenvalue weighted by Gasteiger charge is 2.25. The van der Waals surface area contributed by atoms with Crippen LogP contribution in [0.25, 0.3) is 11.1 Å². The van der Waals surface area contributed by atoms with Gasteiger partial charge in [0.25, 0.3) is 5.91 Å². The number of nitrogens with zero attached hydrogens (tertiary/aromatic N) is 4. The summed E-state index contributed by atoms with van der Waals surface area (Å²) in [4.78, 5) is 38.3. The van der Waals surface area contributed by atoms with E-state index in [0.717, 1.165) is 34.8 Å². The molecule has 0 atom stereocenters. The van der Waals surface area contributed by atoms with Gasteiger partial charge in [0.15, 0.2) is 0 Å². The molecule has 2 aliphatic rings. The van der Waals surface area contributed by atoms with Crippen LogP contribution in [0, 0.1) is 5.92 Å². The van der Waals surface area contributed by atoms with E-state index in [1.807, 2.05) is 52.3 Å². The Morgan fingerprint density at radius 1 is 0.846 bits per heavy atom. The zero-order valence-electron chi connectivity index (χ0n) is 22.3. The molecule has 39 heavy (non-hydrogen) atoms. The number of amides is 2. The average molecular weight is 549 g/mol. The van der Waals surface area contributed by atoms with Gasteiger partial charge in [0, 0.05) is 67.7 Å². The Kier molecular flexibility index (Phi) is 10.3. The summed E-state index contributed by atoms with van der Waals surface area (Å²) in [5.41, 5.74) is 3.42. The van der Waals surface area contributed by atoms with Crippen LogP contribution < -0.4 is 4.74 Å². The number of ether oxygens (including phenoxy) is 1. The summed E-state index contributed by atoms with van der Waals surface area (Å²) < 4.78 is 6.00. The number of halogens is 1. The SMILES string of the molecule is Cl.O=C(Cc1cncc(-c2cccnc2)c1)N1CCN(C(=O)c2cccc(OCCC3CCCCC3)c2)CC1. The highest BCUT2D eigenvalue weighted by atomic mass is 35.5. The third-order valence-corrected chi connectivity index (χ3v) is 7.67. The first-order valence-electron chi connectivity index (χ1n) is 13.8. The van der Waals surface area contributed by atoms with Gasteiger partial charge in [0.2, 0.25) is 5.91 Å². The summed E-state index contributed by atoms with van der Waals surface area (Å²) in [6.45, 7) is 2.79. The third kappa shape index (κ3) is 7.79. The maximum Gasteiger partial charge on any atom is 0.254 e. The minimum Gasteiger partial charge on any atom is -0.494 e. The van der Waals surface area contributed by atoms with E-state index in [0.29, 0.717) is 38.3 Å². The van der Waals surface area contributed by atoms with Crippen molar-refractivity contribution in [1.82, 2.24) is 19.8 Å². The molecule has 1 aromatic carbocycles. The van der Waals surface area contributed by atoms with Crippen LogP contribution in [-0.4, -0.2) is 64.4 Å². The topological polar surface area (TPSA) is 75.6 Å². The molecule has 3 aromatic rings. The molecule has 0 N–H and O–H groups in total. The van der Waals surface area contributed by atoms with Gasteiger partial charge in [-0.3, -0.25) is 19.6 Å². The Hall–Kier alpha value is -3.45. The molecule has 5 rings (SSSR count). The number of piperazine rings is 1. The van der Waals surface area contributed by atoms with E-state index in [9.17, 15) is 9.59 Å². The van der Waals surface area contributed by atoms with Crippen molar-refractivity contribution in [2.24, 2.45) is 5.92 Å². The normalized spacial score (nSPS) is 15.9. The van der Waals surface area contributed by atoms with Crippen LogP contribution >= 0.6 is 12.4 Å².